The van der Waals surface area contributed by atoms with Gasteiger partial charge in [0.15, 0.2) is 0 Å². The molecular formula is C11H20N2O2. The molecule has 1 heterocycles. The van der Waals surface area contributed by atoms with Crippen molar-refractivity contribution in [1.82, 2.24) is 9.78 Å². The van der Waals surface area contributed by atoms with Crippen molar-refractivity contribution in [2.24, 2.45) is 7.05 Å². The van der Waals surface area contributed by atoms with E-state index in [-0.39, 0.29) is 5.97 Å². The van der Waals surface area contributed by atoms with Crippen LogP contribution in [0.5, 0.6) is 0 Å². The van der Waals surface area contributed by atoms with Crippen molar-refractivity contribution in [3.05, 3.63) is 17.5 Å². The normalized spacial score (nSPS) is 9.13. The van der Waals surface area contributed by atoms with E-state index in [4.69, 9.17) is 4.74 Å². The van der Waals surface area contributed by atoms with E-state index in [1.54, 1.807) is 24.9 Å². The van der Waals surface area contributed by atoms with Gasteiger partial charge in [-0.2, -0.15) is 5.10 Å². The highest BCUT2D eigenvalue weighted by atomic mass is 16.5. The molecule has 86 valence electrons. The standard InChI is InChI=1S/C9H14N2O2.C2H6/c1-4-8-7(6-11(3)10-8)9(12)13-5-2;1-2/h6H,4-5H2,1-3H3;1-2H3. The van der Waals surface area contributed by atoms with E-state index in [1.165, 1.54) is 0 Å². The second kappa shape index (κ2) is 7.04. The van der Waals surface area contributed by atoms with E-state index in [2.05, 4.69) is 5.10 Å². The van der Waals surface area contributed by atoms with Crippen LogP contribution in [0, 0.1) is 0 Å². The van der Waals surface area contributed by atoms with Crippen molar-refractivity contribution in [3.63, 3.8) is 0 Å². The monoisotopic (exact) mass is 212 g/mol. The Balaban J connectivity index is 0.000000921. The van der Waals surface area contributed by atoms with Gasteiger partial charge in [-0.15, -0.1) is 0 Å². The minimum atomic E-state index is -0.285. The van der Waals surface area contributed by atoms with E-state index in [0.29, 0.717) is 12.2 Å². The summed E-state index contributed by atoms with van der Waals surface area (Å²) >= 11 is 0. The van der Waals surface area contributed by atoms with Crippen molar-refractivity contribution in [2.45, 2.75) is 34.1 Å². The van der Waals surface area contributed by atoms with Gasteiger partial charge in [0.1, 0.15) is 5.56 Å². The molecule has 0 bridgehead atoms. The molecule has 0 unspecified atom stereocenters. The number of esters is 1. The summed E-state index contributed by atoms with van der Waals surface area (Å²) in [7, 11) is 1.79. The Morgan fingerprint density at radius 2 is 2.07 bits per heavy atom. The summed E-state index contributed by atoms with van der Waals surface area (Å²) in [4.78, 5) is 11.4. The first-order valence-corrected chi connectivity index (χ1v) is 5.38. The Morgan fingerprint density at radius 1 is 1.47 bits per heavy atom. The molecule has 0 amide bonds. The maximum atomic E-state index is 11.4. The highest BCUT2D eigenvalue weighted by Gasteiger charge is 2.14. The summed E-state index contributed by atoms with van der Waals surface area (Å²) in [6.45, 7) is 8.15. The first kappa shape index (κ1) is 13.7. The van der Waals surface area contributed by atoms with Crippen LogP contribution in [-0.4, -0.2) is 22.4 Å². The molecule has 15 heavy (non-hydrogen) atoms. The molecule has 4 heteroatoms. The van der Waals surface area contributed by atoms with Gasteiger partial charge < -0.3 is 4.74 Å². The van der Waals surface area contributed by atoms with E-state index < -0.39 is 0 Å². The lowest BCUT2D eigenvalue weighted by Crippen LogP contribution is -2.05. The van der Waals surface area contributed by atoms with Crippen molar-refractivity contribution in [1.29, 1.82) is 0 Å². The molecule has 0 aliphatic heterocycles. The van der Waals surface area contributed by atoms with Gasteiger partial charge in [0.2, 0.25) is 0 Å². The molecule has 0 spiro atoms. The second-order valence-corrected chi connectivity index (χ2v) is 2.74. The maximum absolute atomic E-state index is 11.4. The fourth-order valence-corrected chi connectivity index (χ4v) is 1.18. The molecule has 0 aliphatic carbocycles. The Hall–Kier alpha value is -1.32. The summed E-state index contributed by atoms with van der Waals surface area (Å²) in [5, 5.41) is 4.15. The molecule has 0 saturated heterocycles. The second-order valence-electron chi connectivity index (χ2n) is 2.74. The lowest BCUT2D eigenvalue weighted by molar-refractivity contribution is 0.0525. The van der Waals surface area contributed by atoms with Gasteiger partial charge in [-0.25, -0.2) is 4.79 Å². The topological polar surface area (TPSA) is 44.1 Å². The minimum absolute atomic E-state index is 0.285. The maximum Gasteiger partial charge on any atom is 0.341 e. The highest BCUT2D eigenvalue weighted by Crippen LogP contribution is 2.08. The van der Waals surface area contributed by atoms with Gasteiger partial charge in [-0.05, 0) is 13.3 Å². The molecule has 0 radical (unpaired) electrons. The van der Waals surface area contributed by atoms with Crippen molar-refractivity contribution in [2.75, 3.05) is 6.61 Å². The van der Waals surface area contributed by atoms with Crippen LogP contribution in [0.2, 0.25) is 0 Å². The third-order valence-electron chi connectivity index (χ3n) is 1.74. The molecular weight excluding hydrogens is 192 g/mol. The summed E-state index contributed by atoms with van der Waals surface area (Å²) < 4.78 is 6.52. The Labute approximate surface area is 91.2 Å². The largest absolute Gasteiger partial charge is 0.462 e. The SMILES string of the molecule is CC.CCOC(=O)c1cn(C)nc1CC. The van der Waals surface area contributed by atoms with Gasteiger partial charge in [0, 0.05) is 13.2 Å². The molecule has 0 atom stereocenters. The predicted octanol–water partition coefficient (Wildman–Crippen LogP) is 2.19. The first-order chi connectivity index (χ1) is 7.19. The molecule has 0 fully saturated rings. The van der Waals surface area contributed by atoms with E-state index in [0.717, 1.165) is 12.1 Å². The molecule has 1 rings (SSSR count). The Bertz CT molecular complexity index is 306. The third-order valence-corrected chi connectivity index (χ3v) is 1.74. The van der Waals surface area contributed by atoms with E-state index in [9.17, 15) is 4.79 Å². The fraction of sp³-hybridized carbons (Fsp3) is 0.636. The average molecular weight is 212 g/mol. The van der Waals surface area contributed by atoms with Gasteiger partial charge in [-0.3, -0.25) is 4.68 Å². The Morgan fingerprint density at radius 3 is 2.53 bits per heavy atom. The van der Waals surface area contributed by atoms with Gasteiger partial charge in [0.05, 0.1) is 12.3 Å². The molecule has 0 aliphatic rings. The van der Waals surface area contributed by atoms with Gasteiger partial charge in [0.25, 0.3) is 0 Å². The number of rotatable bonds is 3. The quantitative estimate of drug-likeness (QED) is 0.721. The average Bonchev–Trinajstić information content (AvgIpc) is 2.63. The lowest BCUT2D eigenvalue weighted by atomic mass is 10.2. The minimum Gasteiger partial charge on any atom is -0.462 e. The number of hydrogen-bond donors (Lipinski definition) is 0. The van der Waals surface area contributed by atoms with Crippen LogP contribution in [0.15, 0.2) is 6.20 Å². The van der Waals surface area contributed by atoms with Crippen LogP contribution in [0.3, 0.4) is 0 Å². The molecule has 4 nitrogen and oxygen atoms in total. The molecule has 1 aromatic heterocycles. The zero-order chi connectivity index (χ0) is 11.8. The highest BCUT2D eigenvalue weighted by molar-refractivity contribution is 5.90. The predicted molar refractivity (Wildman–Crippen MR) is 59.9 cm³/mol. The number of ether oxygens (including phenoxy) is 1. The van der Waals surface area contributed by atoms with E-state index in [1.807, 2.05) is 20.8 Å². The number of aryl methyl sites for hydroxylation is 2. The lowest BCUT2D eigenvalue weighted by Gasteiger charge is -1.99. The van der Waals surface area contributed by atoms with Crippen molar-refractivity contribution in [3.8, 4) is 0 Å². The van der Waals surface area contributed by atoms with Crippen LogP contribution in [0.25, 0.3) is 0 Å². The van der Waals surface area contributed by atoms with Crippen molar-refractivity contribution < 1.29 is 9.53 Å². The number of carbonyl (C=O) groups is 1. The number of carbonyl (C=O) groups excluding carboxylic acids is 1. The van der Waals surface area contributed by atoms with Crippen LogP contribution in [0.1, 0.15) is 43.7 Å². The van der Waals surface area contributed by atoms with Gasteiger partial charge >= 0.3 is 5.97 Å². The van der Waals surface area contributed by atoms with Crippen LogP contribution >= 0.6 is 0 Å². The van der Waals surface area contributed by atoms with Gasteiger partial charge in [-0.1, -0.05) is 20.8 Å². The summed E-state index contributed by atoms with van der Waals surface area (Å²) in [6.07, 6.45) is 2.44. The molecule has 0 saturated carbocycles. The first-order valence-electron chi connectivity index (χ1n) is 5.38. The van der Waals surface area contributed by atoms with Crippen molar-refractivity contribution >= 4 is 5.97 Å². The van der Waals surface area contributed by atoms with Crippen LogP contribution < -0.4 is 0 Å². The van der Waals surface area contributed by atoms with E-state index >= 15 is 0 Å². The smallest absolute Gasteiger partial charge is 0.341 e. The zero-order valence-corrected chi connectivity index (χ0v) is 10.2. The van der Waals surface area contributed by atoms with Crippen LogP contribution in [-0.2, 0) is 18.2 Å². The fourth-order valence-electron chi connectivity index (χ4n) is 1.18. The third kappa shape index (κ3) is 3.73. The number of aromatic nitrogens is 2. The number of hydrogen-bond acceptors (Lipinski definition) is 3. The summed E-state index contributed by atoms with van der Waals surface area (Å²) in [5.41, 5.74) is 1.37. The summed E-state index contributed by atoms with van der Waals surface area (Å²) in [6, 6.07) is 0. The Kier molecular flexibility index (Phi) is 6.42. The summed E-state index contributed by atoms with van der Waals surface area (Å²) in [5.74, 6) is -0.285. The number of nitrogens with zero attached hydrogens (tertiary/aromatic N) is 2. The van der Waals surface area contributed by atoms with Crippen LogP contribution in [0.4, 0.5) is 0 Å². The molecule has 1 aromatic rings. The molecule has 0 N–H and O–H groups in total. The molecule has 0 aromatic carbocycles. The zero-order valence-electron chi connectivity index (χ0n) is 10.2.